The van der Waals surface area contributed by atoms with Gasteiger partial charge < -0.3 is 10.0 Å². The first-order valence-electron chi connectivity index (χ1n) is 7.06. The lowest BCUT2D eigenvalue weighted by atomic mass is 10.1. The van der Waals surface area contributed by atoms with E-state index in [0.29, 0.717) is 25.8 Å². The molecule has 1 amide bonds. The molecule has 0 aliphatic rings. The number of aryl methyl sites for hydroxylation is 1. The van der Waals surface area contributed by atoms with Crippen molar-refractivity contribution in [3.63, 3.8) is 0 Å². The van der Waals surface area contributed by atoms with Gasteiger partial charge in [0, 0.05) is 26.4 Å². The van der Waals surface area contributed by atoms with Gasteiger partial charge in [-0.15, -0.1) is 0 Å². The molecule has 0 saturated heterocycles. The molecule has 1 rings (SSSR count). The van der Waals surface area contributed by atoms with Crippen LogP contribution in [0.3, 0.4) is 0 Å². The van der Waals surface area contributed by atoms with Crippen LogP contribution in [0.25, 0.3) is 0 Å². The lowest BCUT2D eigenvalue weighted by molar-refractivity contribution is -0.137. The molecule has 0 spiro atoms. The van der Waals surface area contributed by atoms with Gasteiger partial charge in [0.15, 0.2) is 0 Å². The number of carboxylic acids is 1. The maximum absolute atomic E-state index is 11.9. The quantitative estimate of drug-likeness (QED) is 0.743. The van der Waals surface area contributed by atoms with E-state index in [9.17, 15) is 9.59 Å². The summed E-state index contributed by atoms with van der Waals surface area (Å²) in [7, 11) is 1.78. The number of unbranched alkanes of at least 4 members (excludes halogenated alkanes) is 1. The van der Waals surface area contributed by atoms with Gasteiger partial charge in [0.2, 0.25) is 5.91 Å². The van der Waals surface area contributed by atoms with E-state index in [2.05, 4.69) is 19.1 Å². The lowest BCUT2D eigenvalue weighted by Crippen LogP contribution is -2.25. The van der Waals surface area contributed by atoms with Crippen LogP contribution in [0.5, 0.6) is 0 Å². The van der Waals surface area contributed by atoms with E-state index in [-0.39, 0.29) is 12.3 Å². The number of hydrogen-bond donors (Lipinski definition) is 1. The van der Waals surface area contributed by atoms with Crippen molar-refractivity contribution in [1.82, 2.24) is 4.90 Å². The minimum Gasteiger partial charge on any atom is -0.481 e. The molecular weight excluding hydrogens is 254 g/mol. The Labute approximate surface area is 120 Å². The van der Waals surface area contributed by atoms with Gasteiger partial charge in [0.05, 0.1) is 0 Å². The summed E-state index contributed by atoms with van der Waals surface area (Å²) in [5.41, 5.74) is 2.40. The van der Waals surface area contributed by atoms with Crippen molar-refractivity contribution in [3.8, 4) is 0 Å². The third-order valence-electron chi connectivity index (χ3n) is 3.31. The van der Waals surface area contributed by atoms with Crippen LogP contribution in [0.4, 0.5) is 0 Å². The highest BCUT2D eigenvalue weighted by Crippen LogP contribution is 2.09. The largest absolute Gasteiger partial charge is 0.481 e. The zero-order valence-corrected chi connectivity index (χ0v) is 12.3. The van der Waals surface area contributed by atoms with Crippen LogP contribution in [-0.4, -0.2) is 28.9 Å². The fourth-order valence-electron chi connectivity index (χ4n) is 1.99. The number of carbonyl (C=O) groups excluding carboxylic acids is 1. The van der Waals surface area contributed by atoms with E-state index in [0.717, 1.165) is 12.0 Å². The number of carbonyl (C=O) groups is 2. The first kappa shape index (κ1) is 16.2. The second-order valence-corrected chi connectivity index (χ2v) is 5.02. The number of carboxylic acid groups (broad SMARTS) is 1. The van der Waals surface area contributed by atoms with Crippen molar-refractivity contribution in [1.29, 1.82) is 0 Å². The van der Waals surface area contributed by atoms with Gasteiger partial charge in [-0.25, -0.2) is 0 Å². The number of aliphatic carboxylic acids is 1. The minimum atomic E-state index is -0.804. The standard InChI is InChI=1S/C16H23NO3/c1-3-13-8-10-14(11-9-13)12-17(2)15(18)6-4-5-7-16(19)20/h8-11H,3-7,12H2,1-2H3,(H,19,20). The van der Waals surface area contributed by atoms with Gasteiger partial charge in [-0.05, 0) is 30.4 Å². The fraction of sp³-hybridized carbons (Fsp3) is 0.500. The van der Waals surface area contributed by atoms with Gasteiger partial charge >= 0.3 is 5.97 Å². The SMILES string of the molecule is CCc1ccc(CN(C)C(=O)CCCCC(=O)O)cc1. The number of nitrogens with zero attached hydrogens (tertiary/aromatic N) is 1. The van der Waals surface area contributed by atoms with Crippen molar-refractivity contribution in [2.24, 2.45) is 0 Å². The Kier molecular flexibility index (Phi) is 6.77. The molecule has 0 aromatic heterocycles. The Hall–Kier alpha value is -1.84. The smallest absolute Gasteiger partial charge is 0.303 e. The molecular formula is C16H23NO3. The molecule has 20 heavy (non-hydrogen) atoms. The predicted octanol–water partition coefficient (Wildman–Crippen LogP) is 2.85. The number of rotatable bonds is 8. The van der Waals surface area contributed by atoms with Crippen LogP contribution in [-0.2, 0) is 22.6 Å². The molecule has 0 heterocycles. The Bertz CT molecular complexity index is 440. The lowest BCUT2D eigenvalue weighted by Gasteiger charge is -2.17. The Morgan fingerprint density at radius 3 is 2.15 bits per heavy atom. The summed E-state index contributed by atoms with van der Waals surface area (Å²) in [6.07, 6.45) is 2.75. The van der Waals surface area contributed by atoms with Crippen LogP contribution in [0, 0.1) is 0 Å². The molecule has 0 aliphatic heterocycles. The van der Waals surface area contributed by atoms with Crippen LogP contribution in [0.2, 0.25) is 0 Å². The van der Waals surface area contributed by atoms with Gasteiger partial charge in [0.1, 0.15) is 0 Å². The first-order chi connectivity index (χ1) is 9.52. The summed E-state index contributed by atoms with van der Waals surface area (Å²) in [5.74, 6) is -0.739. The molecule has 0 unspecified atom stereocenters. The summed E-state index contributed by atoms with van der Waals surface area (Å²) < 4.78 is 0. The van der Waals surface area contributed by atoms with E-state index < -0.39 is 5.97 Å². The molecule has 1 N–H and O–H groups in total. The Morgan fingerprint density at radius 2 is 1.60 bits per heavy atom. The second kappa shape index (κ2) is 8.35. The van der Waals surface area contributed by atoms with Crippen molar-refractivity contribution < 1.29 is 14.7 Å². The monoisotopic (exact) mass is 277 g/mol. The molecule has 1 aromatic rings. The van der Waals surface area contributed by atoms with Crippen molar-refractivity contribution >= 4 is 11.9 Å². The zero-order valence-electron chi connectivity index (χ0n) is 12.3. The molecule has 0 fully saturated rings. The summed E-state index contributed by atoms with van der Waals surface area (Å²) >= 11 is 0. The van der Waals surface area contributed by atoms with E-state index >= 15 is 0 Å². The van der Waals surface area contributed by atoms with Crippen LogP contribution in [0.1, 0.15) is 43.7 Å². The molecule has 4 heteroatoms. The highest BCUT2D eigenvalue weighted by atomic mass is 16.4. The van der Waals surface area contributed by atoms with E-state index in [4.69, 9.17) is 5.11 Å². The Balaban J connectivity index is 2.34. The molecule has 4 nitrogen and oxygen atoms in total. The predicted molar refractivity (Wildman–Crippen MR) is 78.4 cm³/mol. The zero-order chi connectivity index (χ0) is 15.0. The molecule has 0 bridgehead atoms. The summed E-state index contributed by atoms with van der Waals surface area (Å²) in [6.45, 7) is 2.71. The molecule has 110 valence electrons. The third kappa shape index (κ3) is 5.87. The molecule has 0 atom stereocenters. The topological polar surface area (TPSA) is 57.6 Å². The average molecular weight is 277 g/mol. The van der Waals surface area contributed by atoms with E-state index in [1.54, 1.807) is 11.9 Å². The van der Waals surface area contributed by atoms with Crippen molar-refractivity contribution in [2.75, 3.05) is 7.05 Å². The number of benzene rings is 1. The second-order valence-electron chi connectivity index (χ2n) is 5.02. The Morgan fingerprint density at radius 1 is 1.05 bits per heavy atom. The normalized spacial score (nSPS) is 10.3. The maximum atomic E-state index is 11.9. The average Bonchev–Trinajstić information content (AvgIpc) is 2.44. The van der Waals surface area contributed by atoms with Crippen LogP contribution < -0.4 is 0 Å². The van der Waals surface area contributed by atoms with Gasteiger partial charge in [-0.1, -0.05) is 31.2 Å². The summed E-state index contributed by atoms with van der Waals surface area (Å²) in [5, 5.41) is 8.53. The molecule has 1 aromatic carbocycles. The number of hydrogen-bond acceptors (Lipinski definition) is 2. The van der Waals surface area contributed by atoms with Crippen molar-refractivity contribution in [2.45, 2.75) is 45.6 Å². The van der Waals surface area contributed by atoms with Gasteiger partial charge in [-0.2, -0.15) is 0 Å². The highest BCUT2D eigenvalue weighted by molar-refractivity contribution is 5.75. The van der Waals surface area contributed by atoms with E-state index in [1.165, 1.54) is 5.56 Å². The van der Waals surface area contributed by atoms with Crippen molar-refractivity contribution in [3.05, 3.63) is 35.4 Å². The van der Waals surface area contributed by atoms with Crippen LogP contribution in [0.15, 0.2) is 24.3 Å². The first-order valence-corrected chi connectivity index (χ1v) is 7.06. The van der Waals surface area contributed by atoms with Gasteiger partial charge in [0.25, 0.3) is 0 Å². The molecule has 0 aliphatic carbocycles. The van der Waals surface area contributed by atoms with Crippen LogP contribution >= 0.6 is 0 Å². The van der Waals surface area contributed by atoms with Gasteiger partial charge in [-0.3, -0.25) is 9.59 Å². The number of amides is 1. The van der Waals surface area contributed by atoms with E-state index in [1.807, 2.05) is 12.1 Å². The molecule has 0 saturated carbocycles. The maximum Gasteiger partial charge on any atom is 0.303 e. The minimum absolute atomic E-state index is 0.0648. The molecule has 0 radical (unpaired) electrons. The highest BCUT2D eigenvalue weighted by Gasteiger charge is 2.09. The summed E-state index contributed by atoms with van der Waals surface area (Å²) in [6, 6.07) is 8.26. The fourth-order valence-corrected chi connectivity index (χ4v) is 1.99. The summed E-state index contributed by atoms with van der Waals surface area (Å²) in [4.78, 5) is 24.0. The third-order valence-corrected chi connectivity index (χ3v) is 3.31.